The van der Waals surface area contributed by atoms with E-state index in [0.717, 1.165) is 27.9 Å². The molecular formula is C20H16N6O2. The monoisotopic (exact) mass is 372 g/mol. The quantitative estimate of drug-likeness (QED) is 0.478. The Bertz CT molecular complexity index is 1340. The Morgan fingerprint density at radius 2 is 1.86 bits per heavy atom. The van der Waals surface area contributed by atoms with Gasteiger partial charge in [0.05, 0.1) is 23.9 Å². The molecule has 0 atom stereocenters. The Labute approximate surface area is 159 Å². The number of benzene rings is 1. The van der Waals surface area contributed by atoms with Crippen molar-refractivity contribution >= 4 is 16.4 Å². The fourth-order valence-corrected chi connectivity index (χ4v) is 3.30. The number of hydrogen-bond donors (Lipinski definition) is 0. The number of pyridine rings is 1. The zero-order chi connectivity index (χ0) is 19.3. The maximum atomic E-state index is 5.61. The molecule has 0 aliphatic heterocycles. The summed E-state index contributed by atoms with van der Waals surface area (Å²) in [4.78, 5) is 4.66. The molecule has 0 aliphatic rings. The highest BCUT2D eigenvalue weighted by atomic mass is 16.5. The van der Waals surface area contributed by atoms with Gasteiger partial charge in [0, 0.05) is 17.1 Å². The first-order valence-electron chi connectivity index (χ1n) is 8.75. The van der Waals surface area contributed by atoms with Gasteiger partial charge in [-0.15, -0.1) is 10.2 Å². The van der Waals surface area contributed by atoms with E-state index in [1.54, 1.807) is 17.7 Å². The molecular weight excluding hydrogens is 356 g/mol. The van der Waals surface area contributed by atoms with Gasteiger partial charge in [0.2, 0.25) is 11.6 Å². The average molecular weight is 372 g/mol. The molecule has 28 heavy (non-hydrogen) atoms. The summed E-state index contributed by atoms with van der Waals surface area (Å²) in [6.07, 6.45) is 0. The molecule has 0 saturated heterocycles. The fourth-order valence-electron chi connectivity index (χ4n) is 3.30. The van der Waals surface area contributed by atoms with Gasteiger partial charge < -0.3 is 9.26 Å². The topological polar surface area (TPSA) is 91.2 Å². The van der Waals surface area contributed by atoms with Gasteiger partial charge in [-0.3, -0.25) is 4.98 Å². The predicted octanol–water partition coefficient (Wildman–Crippen LogP) is 3.62. The van der Waals surface area contributed by atoms with E-state index in [9.17, 15) is 0 Å². The van der Waals surface area contributed by atoms with Crippen LogP contribution in [0.5, 0.6) is 5.75 Å². The normalized spacial score (nSPS) is 11.4. The first-order chi connectivity index (χ1) is 13.7. The van der Waals surface area contributed by atoms with Gasteiger partial charge in [0.15, 0.2) is 5.65 Å². The van der Waals surface area contributed by atoms with Crippen LogP contribution in [0.4, 0.5) is 0 Å². The van der Waals surface area contributed by atoms with Crippen molar-refractivity contribution in [3.05, 3.63) is 53.9 Å². The van der Waals surface area contributed by atoms with Crippen LogP contribution in [0.1, 0.15) is 11.4 Å². The van der Waals surface area contributed by atoms with Crippen molar-refractivity contribution < 1.29 is 9.26 Å². The van der Waals surface area contributed by atoms with Crippen molar-refractivity contribution in [3.8, 4) is 28.7 Å². The number of nitrogens with zero attached hydrogens (tertiary/aromatic N) is 6. The molecule has 0 unspecified atom stereocenters. The van der Waals surface area contributed by atoms with Crippen LogP contribution in [0.15, 0.2) is 47.0 Å². The van der Waals surface area contributed by atoms with E-state index in [-0.39, 0.29) is 0 Å². The van der Waals surface area contributed by atoms with E-state index in [1.165, 1.54) is 0 Å². The number of rotatable bonds is 3. The molecule has 4 heterocycles. The van der Waals surface area contributed by atoms with Gasteiger partial charge in [-0.2, -0.15) is 9.61 Å². The number of methoxy groups -OCH3 is 1. The molecule has 0 aliphatic carbocycles. The highest BCUT2D eigenvalue weighted by Gasteiger charge is 2.21. The highest BCUT2D eigenvalue weighted by Crippen LogP contribution is 2.35. The van der Waals surface area contributed by atoms with Crippen molar-refractivity contribution in [1.29, 1.82) is 0 Å². The lowest BCUT2D eigenvalue weighted by Crippen LogP contribution is -2.01. The van der Waals surface area contributed by atoms with Crippen LogP contribution in [0, 0.1) is 13.8 Å². The van der Waals surface area contributed by atoms with Gasteiger partial charge in [0.1, 0.15) is 11.4 Å². The number of fused-ring (bicyclic) bond motifs is 3. The number of aromatic nitrogens is 6. The van der Waals surface area contributed by atoms with Gasteiger partial charge in [-0.25, -0.2) is 0 Å². The first-order valence-corrected chi connectivity index (χ1v) is 8.75. The molecule has 1 aromatic carbocycles. The summed E-state index contributed by atoms with van der Waals surface area (Å²) in [6.45, 7) is 3.80. The van der Waals surface area contributed by atoms with Gasteiger partial charge in [-0.05, 0) is 32.0 Å². The van der Waals surface area contributed by atoms with Gasteiger partial charge in [0.25, 0.3) is 0 Å². The second-order valence-corrected chi connectivity index (χ2v) is 6.49. The Kier molecular flexibility index (Phi) is 3.58. The van der Waals surface area contributed by atoms with Crippen molar-refractivity contribution in [3.63, 3.8) is 0 Å². The standard InChI is InChI=1S/C20H16N6O2/c1-11-6-4-8-14(21-11)18-17-13(7-5-9-15(17)27-3)19-22-23-20(26(19)24-18)16-10-12(2)25-28-16/h4-10H,1-3H3. The third-order valence-electron chi connectivity index (χ3n) is 4.54. The van der Waals surface area contributed by atoms with E-state index in [1.807, 2.05) is 50.2 Å². The molecule has 0 fully saturated rings. The Hall–Kier alpha value is -3.81. The summed E-state index contributed by atoms with van der Waals surface area (Å²) in [6, 6.07) is 13.4. The van der Waals surface area contributed by atoms with Crippen LogP contribution in [-0.2, 0) is 0 Å². The highest BCUT2D eigenvalue weighted by molar-refractivity contribution is 6.05. The lowest BCUT2D eigenvalue weighted by atomic mass is 10.1. The minimum absolute atomic E-state index is 0.481. The summed E-state index contributed by atoms with van der Waals surface area (Å²) < 4.78 is 12.7. The van der Waals surface area contributed by atoms with Crippen molar-refractivity contribution in [2.75, 3.05) is 7.11 Å². The van der Waals surface area contributed by atoms with Crippen LogP contribution < -0.4 is 4.74 Å². The molecule has 8 heteroatoms. The summed E-state index contributed by atoms with van der Waals surface area (Å²) in [5.74, 6) is 1.68. The molecule has 0 amide bonds. The molecule has 0 spiro atoms. The van der Waals surface area contributed by atoms with Crippen LogP contribution in [0.25, 0.3) is 39.4 Å². The second kappa shape index (κ2) is 6.12. The molecule has 0 saturated carbocycles. The van der Waals surface area contributed by atoms with Crippen LogP contribution in [0.2, 0.25) is 0 Å². The van der Waals surface area contributed by atoms with Crippen LogP contribution >= 0.6 is 0 Å². The van der Waals surface area contributed by atoms with Crippen molar-refractivity contribution in [1.82, 2.24) is 30.0 Å². The smallest absolute Gasteiger partial charge is 0.223 e. The Morgan fingerprint density at radius 3 is 2.61 bits per heavy atom. The van der Waals surface area contributed by atoms with E-state index in [0.29, 0.717) is 28.7 Å². The average Bonchev–Trinajstić information content (AvgIpc) is 3.32. The summed E-state index contributed by atoms with van der Waals surface area (Å²) in [5, 5.41) is 19.1. The summed E-state index contributed by atoms with van der Waals surface area (Å²) in [5.41, 5.74) is 3.69. The molecule has 0 bridgehead atoms. The third-order valence-corrected chi connectivity index (χ3v) is 4.54. The van der Waals surface area contributed by atoms with Crippen LogP contribution in [-0.4, -0.2) is 37.1 Å². The zero-order valence-corrected chi connectivity index (χ0v) is 15.5. The van der Waals surface area contributed by atoms with E-state index in [4.69, 9.17) is 14.4 Å². The second-order valence-electron chi connectivity index (χ2n) is 6.49. The SMILES string of the molecule is COc1cccc2c1c(-c1cccc(C)n1)nn1c(-c3cc(C)no3)nnc21. The van der Waals surface area contributed by atoms with Gasteiger partial charge >= 0.3 is 0 Å². The van der Waals surface area contributed by atoms with Crippen molar-refractivity contribution in [2.24, 2.45) is 0 Å². The molecule has 5 rings (SSSR count). The zero-order valence-electron chi connectivity index (χ0n) is 15.5. The Morgan fingerprint density at radius 1 is 1.00 bits per heavy atom. The van der Waals surface area contributed by atoms with Crippen LogP contribution in [0.3, 0.4) is 0 Å². The first kappa shape index (κ1) is 16.4. The lowest BCUT2D eigenvalue weighted by Gasteiger charge is -2.11. The minimum atomic E-state index is 0.481. The molecule has 5 aromatic rings. The molecule has 138 valence electrons. The third kappa shape index (κ3) is 2.42. The summed E-state index contributed by atoms with van der Waals surface area (Å²) >= 11 is 0. The number of hydrogen-bond acceptors (Lipinski definition) is 7. The maximum absolute atomic E-state index is 5.61. The predicted molar refractivity (Wildman–Crippen MR) is 103 cm³/mol. The maximum Gasteiger partial charge on any atom is 0.223 e. The number of aryl methyl sites for hydroxylation is 2. The summed E-state index contributed by atoms with van der Waals surface area (Å²) in [7, 11) is 1.64. The van der Waals surface area contributed by atoms with E-state index >= 15 is 0 Å². The minimum Gasteiger partial charge on any atom is -0.496 e. The molecule has 8 nitrogen and oxygen atoms in total. The molecule has 0 radical (unpaired) electrons. The fraction of sp³-hybridized carbons (Fsp3) is 0.150. The number of ether oxygens (including phenoxy) is 1. The Balaban J connectivity index is 1.92. The van der Waals surface area contributed by atoms with Crippen molar-refractivity contribution in [2.45, 2.75) is 13.8 Å². The molecule has 4 aromatic heterocycles. The van der Waals surface area contributed by atoms with E-state index in [2.05, 4.69) is 20.3 Å². The molecule has 0 N–H and O–H groups in total. The largest absolute Gasteiger partial charge is 0.496 e. The van der Waals surface area contributed by atoms with Gasteiger partial charge in [-0.1, -0.05) is 23.4 Å². The lowest BCUT2D eigenvalue weighted by molar-refractivity contribution is 0.419. The van der Waals surface area contributed by atoms with E-state index < -0.39 is 0 Å².